The van der Waals surface area contributed by atoms with E-state index in [1.807, 2.05) is 47.8 Å². The molecular formula is C23H26N2O4S. The van der Waals surface area contributed by atoms with Crippen LogP contribution in [-0.4, -0.2) is 31.7 Å². The van der Waals surface area contributed by atoms with Crippen LogP contribution >= 0.6 is 11.3 Å². The minimum Gasteiger partial charge on any atom is -0.493 e. The van der Waals surface area contributed by atoms with Gasteiger partial charge in [-0.2, -0.15) is 0 Å². The lowest BCUT2D eigenvalue weighted by atomic mass is 9.99. The highest BCUT2D eigenvalue weighted by molar-refractivity contribution is 7.14. The van der Waals surface area contributed by atoms with Crippen LogP contribution < -0.4 is 19.5 Å². The Hall–Kier alpha value is -3.06. The molecule has 158 valence electrons. The summed E-state index contributed by atoms with van der Waals surface area (Å²) in [5, 5.41) is 5.17. The SMILES string of the molecule is CC[C@@H](C)c1ccc(OCC(=O)Nc2nc(-c3ccc(OC)c(OC)c3)cs2)cc1. The van der Waals surface area contributed by atoms with Gasteiger partial charge in [0.2, 0.25) is 0 Å². The molecule has 30 heavy (non-hydrogen) atoms. The number of carbonyl (C=O) groups excluding carboxylic acids is 1. The van der Waals surface area contributed by atoms with Crippen molar-refractivity contribution < 1.29 is 19.0 Å². The van der Waals surface area contributed by atoms with Crippen molar-refractivity contribution in [2.45, 2.75) is 26.2 Å². The largest absolute Gasteiger partial charge is 0.493 e. The number of aromatic nitrogens is 1. The van der Waals surface area contributed by atoms with E-state index in [0.29, 0.717) is 28.3 Å². The predicted molar refractivity (Wildman–Crippen MR) is 120 cm³/mol. The van der Waals surface area contributed by atoms with Crippen molar-refractivity contribution in [2.75, 3.05) is 26.1 Å². The summed E-state index contributed by atoms with van der Waals surface area (Å²) >= 11 is 1.35. The number of nitrogens with zero attached hydrogens (tertiary/aromatic N) is 1. The van der Waals surface area contributed by atoms with E-state index in [0.717, 1.165) is 17.7 Å². The number of nitrogens with one attached hydrogen (secondary N) is 1. The van der Waals surface area contributed by atoms with E-state index in [2.05, 4.69) is 24.1 Å². The van der Waals surface area contributed by atoms with Crippen LogP contribution in [0.1, 0.15) is 31.7 Å². The third-order valence-electron chi connectivity index (χ3n) is 4.86. The van der Waals surface area contributed by atoms with Crippen LogP contribution in [0, 0.1) is 0 Å². The number of anilines is 1. The van der Waals surface area contributed by atoms with Crippen LogP contribution in [0.15, 0.2) is 47.8 Å². The Balaban J connectivity index is 1.57. The van der Waals surface area contributed by atoms with Gasteiger partial charge in [-0.3, -0.25) is 10.1 Å². The molecule has 0 aliphatic heterocycles. The maximum atomic E-state index is 12.2. The quantitative estimate of drug-likeness (QED) is 0.499. The van der Waals surface area contributed by atoms with Crippen LogP contribution in [0.25, 0.3) is 11.3 Å². The van der Waals surface area contributed by atoms with Crippen molar-refractivity contribution in [1.82, 2.24) is 4.98 Å². The van der Waals surface area contributed by atoms with E-state index in [9.17, 15) is 4.79 Å². The summed E-state index contributed by atoms with van der Waals surface area (Å²) in [5.74, 6) is 2.20. The van der Waals surface area contributed by atoms with Crippen molar-refractivity contribution in [1.29, 1.82) is 0 Å². The Morgan fingerprint density at radius 1 is 1.10 bits per heavy atom. The van der Waals surface area contributed by atoms with Crippen molar-refractivity contribution in [3.63, 3.8) is 0 Å². The molecule has 1 aromatic heterocycles. The first-order chi connectivity index (χ1) is 14.5. The second-order valence-corrected chi connectivity index (χ2v) is 7.68. The van der Waals surface area contributed by atoms with Crippen LogP contribution in [0.3, 0.4) is 0 Å². The number of methoxy groups -OCH3 is 2. The number of rotatable bonds is 9. The third-order valence-corrected chi connectivity index (χ3v) is 5.62. The van der Waals surface area contributed by atoms with E-state index in [4.69, 9.17) is 14.2 Å². The molecule has 0 unspecified atom stereocenters. The molecule has 0 fully saturated rings. The van der Waals surface area contributed by atoms with Gasteiger partial charge in [-0.1, -0.05) is 26.0 Å². The number of hydrogen-bond donors (Lipinski definition) is 1. The molecule has 0 aliphatic carbocycles. The van der Waals surface area contributed by atoms with Gasteiger partial charge in [0, 0.05) is 10.9 Å². The molecule has 1 amide bonds. The fourth-order valence-electron chi connectivity index (χ4n) is 2.89. The van der Waals surface area contributed by atoms with Gasteiger partial charge in [0.05, 0.1) is 19.9 Å². The van der Waals surface area contributed by atoms with Gasteiger partial charge in [0.1, 0.15) is 5.75 Å². The first-order valence-electron chi connectivity index (χ1n) is 9.74. The molecule has 7 heteroatoms. The van der Waals surface area contributed by atoms with E-state index < -0.39 is 0 Å². The molecule has 0 saturated carbocycles. The van der Waals surface area contributed by atoms with Crippen LogP contribution in [-0.2, 0) is 4.79 Å². The molecule has 0 radical (unpaired) electrons. The topological polar surface area (TPSA) is 69.7 Å². The fraction of sp³-hybridized carbons (Fsp3) is 0.304. The lowest BCUT2D eigenvalue weighted by Crippen LogP contribution is -2.20. The summed E-state index contributed by atoms with van der Waals surface area (Å²) in [5.41, 5.74) is 2.89. The molecule has 0 bridgehead atoms. The van der Waals surface area contributed by atoms with Crippen molar-refractivity contribution in [2.24, 2.45) is 0 Å². The van der Waals surface area contributed by atoms with Crippen LogP contribution in [0.4, 0.5) is 5.13 Å². The number of ether oxygens (including phenoxy) is 3. The zero-order valence-corrected chi connectivity index (χ0v) is 18.4. The Kier molecular flexibility index (Phi) is 7.30. The first kappa shape index (κ1) is 21.6. The van der Waals surface area contributed by atoms with E-state index in [1.165, 1.54) is 16.9 Å². The van der Waals surface area contributed by atoms with Gasteiger partial charge >= 0.3 is 0 Å². The van der Waals surface area contributed by atoms with E-state index in [-0.39, 0.29) is 12.5 Å². The zero-order chi connectivity index (χ0) is 21.5. The van der Waals surface area contributed by atoms with E-state index in [1.54, 1.807) is 14.2 Å². The van der Waals surface area contributed by atoms with Gasteiger partial charge in [0.15, 0.2) is 23.2 Å². The molecule has 0 saturated heterocycles. The number of hydrogen-bond acceptors (Lipinski definition) is 6. The molecule has 1 N–H and O–H groups in total. The Bertz CT molecular complexity index is 985. The highest BCUT2D eigenvalue weighted by Crippen LogP contribution is 2.33. The predicted octanol–water partition coefficient (Wildman–Crippen LogP) is 5.36. The Morgan fingerprint density at radius 3 is 2.50 bits per heavy atom. The molecule has 3 aromatic rings. The first-order valence-corrected chi connectivity index (χ1v) is 10.6. The monoisotopic (exact) mass is 426 g/mol. The number of thiazole rings is 1. The summed E-state index contributed by atoms with van der Waals surface area (Å²) in [6.07, 6.45) is 1.09. The summed E-state index contributed by atoms with van der Waals surface area (Å²) < 4.78 is 16.2. The van der Waals surface area contributed by atoms with Gasteiger partial charge in [0.25, 0.3) is 5.91 Å². The number of carbonyl (C=O) groups is 1. The van der Waals surface area contributed by atoms with Crippen LogP contribution in [0.2, 0.25) is 0 Å². The van der Waals surface area contributed by atoms with E-state index >= 15 is 0 Å². The molecule has 2 aromatic carbocycles. The highest BCUT2D eigenvalue weighted by Gasteiger charge is 2.12. The van der Waals surface area contributed by atoms with Gasteiger partial charge in [-0.15, -0.1) is 11.3 Å². The maximum absolute atomic E-state index is 12.2. The minimum atomic E-state index is -0.255. The Labute approximate surface area is 180 Å². The van der Waals surface area contributed by atoms with Gasteiger partial charge < -0.3 is 14.2 Å². The number of amides is 1. The molecular weight excluding hydrogens is 400 g/mol. The summed E-state index contributed by atoms with van der Waals surface area (Å²) in [6.45, 7) is 4.27. The maximum Gasteiger partial charge on any atom is 0.264 e. The lowest BCUT2D eigenvalue weighted by Gasteiger charge is -2.10. The smallest absolute Gasteiger partial charge is 0.264 e. The summed E-state index contributed by atoms with van der Waals surface area (Å²) in [7, 11) is 3.18. The number of benzene rings is 2. The second kappa shape index (κ2) is 10.1. The molecule has 1 atom stereocenters. The molecule has 3 rings (SSSR count). The fourth-order valence-corrected chi connectivity index (χ4v) is 3.63. The van der Waals surface area contributed by atoms with Crippen molar-refractivity contribution >= 4 is 22.4 Å². The molecule has 0 spiro atoms. The van der Waals surface area contributed by atoms with Gasteiger partial charge in [-0.25, -0.2) is 4.98 Å². The standard InChI is InChI=1S/C23H26N2O4S/c1-5-15(2)16-6-9-18(10-7-16)29-13-22(26)25-23-24-19(14-30-23)17-8-11-20(27-3)21(12-17)28-4/h6-12,14-15H,5,13H2,1-4H3,(H,24,25,26)/t15-/m1/s1. The molecule has 6 nitrogen and oxygen atoms in total. The molecule has 0 aliphatic rings. The normalized spacial score (nSPS) is 11.6. The average molecular weight is 427 g/mol. The third kappa shape index (κ3) is 5.30. The lowest BCUT2D eigenvalue weighted by molar-refractivity contribution is -0.118. The highest BCUT2D eigenvalue weighted by atomic mass is 32.1. The van der Waals surface area contributed by atoms with Crippen LogP contribution in [0.5, 0.6) is 17.2 Å². The summed E-state index contributed by atoms with van der Waals surface area (Å²) in [4.78, 5) is 16.7. The average Bonchev–Trinajstić information content (AvgIpc) is 3.25. The zero-order valence-electron chi connectivity index (χ0n) is 17.6. The van der Waals surface area contributed by atoms with Crippen molar-refractivity contribution in [3.05, 3.63) is 53.4 Å². The second-order valence-electron chi connectivity index (χ2n) is 6.82. The molecule has 1 heterocycles. The summed E-state index contributed by atoms with van der Waals surface area (Å²) in [6, 6.07) is 13.4. The Morgan fingerprint density at radius 2 is 1.83 bits per heavy atom. The van der Waals surface area contributed by atoms with Crippen molar-refractivity contribution in [3.8, 4) is 28.5 Å². The minimum absolute atomic E-state index is 0.0754. The van der Waals surface area contributed by atoms with Gasteiger partial charge in [-0.05, 0) is 48.2 Å².